The quantitative estimate of drug-likeness (QED) is 0.531. The van der Waals surface area contributed by atoms with Gasteiger partial charge in [-0.1, -0.05) is 24.3 Å². The molecule has 9 nitrogen and oxygen atoms in total. The summed E-state index contributed by atoms with van der Waals surface area (Å²) in [6, 6.07) is 11.9. The molecule has 4 rings (SSSR count). The lowest BCUT2D eigenvalue weighted by Gasteiger charge is -2.13. The number of rotatable bonds is 6. The van der Waals surface area contributed by atoms with E-state index in [9.17, 15) is 28.4 Å². The first-order valence-corrected chi connectivity index (χ1v) is 10.6. The van der Waals surface area contributed by atoms with Gasteiger partial charge >= 0.3 is 5.69 Å². The fraction of sp³-hybridized carbons (Fsp3) is 0.136. The van der Waals surface area contributed by atoms with E-state index in [1.54, 1.807) is 24.3 Å². The Balaban J connectivity index is 1.37. The molecule has 1 fully saturated rings. The van der Waals surface area contributed by atoms with Crippen LogP contribution >= 0.6 is 11.8 Å². The molecular weight excluding hydrogens is 451 g/mol. The average Bonchev–Trinajstić information content (AvgIpc) is 3.05. The lowest BCUT2D eigenvalue weighted by molar-refractivity contribution is -0.124. The van der Waals surface area contributed by atoms with Crippen LogP contribution in [0.4, 0.5) is 9.18 Å². The van der Waals surface area contributed by atoms with Gasteiger partial charge in [0, 0.05) is 13.1 Å². The topological polar surface area (TPSA) is 121 Å². The number of hydrogen-bond acceptors (Lipinski definition) is 6. The summed E-state index contributed by atoms with van der Waals surface area (Å²) in [5, 5.41) is 2.28. The molecule has 2 heterocycles. The molecule has 1 aromatic heterocycles. The number of carbonyl (C=O) groups is 3. The highest BCUT2D eigenvalue weighted by Crippen LogP contribution is 2.31. The van der Waals surface area contributed by atoms with E-state index < -0.39 is 40.7 Å². The minimum Gasteiger partial charge on any atom is -0.353 e. The van der Waals surface area contributed by atoms with Gasteiger partial charge in [0.1, 0.15) is 12.4 Å². The summed E-state index contributed by atoms with van der Waals surface area (Å²) < 4.78 is 13.8. The highest BCUT2D eigenvalue weighted by Gasteiger charge is 2.34. The van der Waals surface area contributed by atoms with Crippen LogP contribution in [-0.4, -0.2) is 44.6 Å². The number of thioether (sulfide) groups is 1. The number of hydrogen-bond donors (Lipinski definition) is 2. The van der Waals surface area contributed by atoms with Crippen molar-refractivity contribution in [2.75, 3.05) is 13.1 Å². The third-order valence-corrected chi connectivity index (χ3v) is 5.80. The Morgan fingerprint density at radius 1 is 1.06 bits per heavy atom. The molecule has 168 valence electrons. The van der Waals surface area contributed by atoms with Gasteiger partial charge in [-0.15, -0.1) is 0 Å². The van der Waals surface area contributed by atoms with E-state index in [1.807, 2.05) is 0 Å². The van der Waals surface area contributed by atoms with Crippen molar-refractivity contribution in [3.8, 4) is 0 Å². The zero-order valence-electron chi connectivity index (χ0n) is 17.0. The summed E-state index contributed by atoms with van der Waals surface area (Å²) in [6.45, 7) is -0.646. The number of nitrogens with one attached hydrogen (secondary N) is 2. The van der Waals surface area contributed by atoms with E-state index in [1.165, 1.54) is 30.3 Å². The lowest BCUT2D eigenvalue weighted by atomic mass is 10.2. The Labute approximate surface area is 189 Å². The zero-order valence-corrected chi connectivity index (χ0v) is 17.9. The van der Waals surface area contributed by atoms with Crippen LogP contribution in [0.2, 0.25) is 0 Å². The van der Waals surface area contributed by atoms with Gasteiger partial charge in [0.25, 0.3) is 16.7 Å². The van der Waals surface area contributed by atoms with Crippen LogP contribution in [0, 0.1) is 5.82 Å². The molecule has 3 aromatic rings. The van der Waals surface area contributed by atoms with Gasteiger partial charge < -0.3 is 10.3 Å². The molecule has 0 spiro atoms. The SMILES string of the molecule is O=C(Cn1c(=O)[nH]c2ccccc2c1=O)NCCN1C(=O)S/C(=C\c2ccc(F)cc2)C1=O. The molecule has 0 aliphatic carbocycles. The molecule has 0 saturated carbocycles. The van der Waals surface area contributed by atoms with Gasteiger partial charge in [-0.2, -0.15) is 0 Å². The van der Waals surface area contributed by atoms with Crippen LogP contribution in [0.3, 0.4) is 0 Å². The standard InChI is InChI=1S/C22H17FN4O5S/c23-14-7-5-13(6-8-14)11-17-20(30)26(22(32)33-17)10-9-24-18(28)12-27-19(29)15-3-1-2-4-16(15)25-21(27)31/h1-8,11H,9-10,12H2,(H,24,28)(H,25,31)/b17-11-. The van der Waals surface area contributed by atoms with Gasteiger partial charge in [-0.3, -0.25) is 28.6 Å². The van der Waals surface area contributed by atoms with Crippen LogP contribution in [0.15, 0.2) is 63.0 Å². The minimum absolute atomic E-state index is 0.0546. The number of benzene rings is 2. The summed E-state index contributed by atoms with van der Waals surface area (Å²) in [5.74, 6) is -1.55. The smallest absolute Gasteiger partial charge is 0.329 e. The fourth-order valence-electron chi connectivity index (χ4n) is 3.25. The van der Waals surface area contributed by atoms with Gasteiger partial charge in [0.2, 0.25) is 5.91 Å². The first-order valence-electron chi connectivity index (χ1n) is 9.83. The Morgan fingerprint density at radius 2 is 1.79 bits per heavy atom. The summed E-state index contributed by atoms with van der Waals surface area (Å²) in [5.41, 5.74) is -0.370. The highest BCUT2D eigenvalue weighted by atomic mass is 32.2. The van der Waals surface area contributed by atoms with Crippen molar-refractivity contribution in [2.24, 2.45) is 0 Å². The monoisotopic (exact) mass is 468 g/mol. The summed E-state index contributed by atoms with van der Waals surface area (Å²) in [4.78, 5) is 65.3. The Hall–Kier alpha value is -3.99. The maximum atomic E-state index is 13.0. The molecule has 0 unspecified atom stereocenters. The largest absolute Gasteiger partial charge is 0.353 e. The molecule has 3 amide bonds. The number of para-hydroxylation sites is 1. The van der Waals surface area contributed by atoms with Gasteiger partial charge in [0.15, 0.2) is 0 Å². The highest BCUT2D eigenvalue weighted by molar-refractivity contribution is 8.18. The first-order chi connectivity index (χ1) is 15.8. The van der Waals surface area contributed by atoms with E-state index in [4.69, 9.17) is 0 Å². The van der Waals surface area contributed by atoms with E-state index in [2.05, 4.69) is 10.3 Å². The Morgan fingerprint density at radius 3 is 2.55 bits per heavy atom. The second-order valence-electron chi connectivity index (χ2n) is 7.10. The second kappa shape index (κ2) is 9.25. The zero-order chi connectivity index (χ0) is 23.5. The molecular formula is C22H17FN4O5S. The minimum atomic E-state index is -0.717. The van der Waals surface area contributed by atoms with Crippen molar-refractivity contribution >= 4 is 45.8 Å². The summed E-state index contributed by atoms with van der Waals surface area (Å²) in [6.07, 6.45) is 1.49. The molecule has 2 aromatic carbocycles. The molecule has 0 radical (unpaired) electrons. The molecule has 1 aliphatic heterocycles. The van der Waals surface area contributed by atoms with Crippen LogP contribution in [0.5, 0.6) is 0 Å². The number of carbonyl (C=O) groups excluding carboxylic acids is 3. The number of aromatic amines is 1. The first kappa shape index (κ1) is 22.2. The van der Waals surface area contributed by atoms with E-state index >= 15 is 0 Å². The number of amides is 3. The average molecular weight is 468 g/mol. The molecule has 33 heavy (non-hydrogen) atoms. The molecule has 11 heteroatoms. The van der Waals surface area contributed by atoms with Crippen molar-refractivity contribution < 1.29 is 18.8 Å². The number of halogens is 1. The number of imide groups is 1. The molecule has 0 bridgehead atoms. The van der Waals surface area contributed by atoms with E-state index in [0.717, 1.165) is 21.2 Å². The van der Waals surface area contributed by atoms with Crippen LogP contribution in [-0.2, 0) is 16.1 Å². The summed E-state index contributed by atoms with van der Waals surface area (Å²) in [7, 11) is 0. The molecule has 1 aliphatic rings. The molecule has 1 saturated heterocycles. The number of aromatic nitrogens is 2. The molecule has 0 atom stereocenters. The lowest BCUT2D eigenvalue weighted by Crippen LogP contribution is -2.42. The maximum Gasteiger partial charge on any atom is 0.329 e. The van der Waals surface area contributed by atoms with Gasteiger partial charge in [-0.25, -0.2) is 9.18 Å². The van der Waals surface area contributed by atoms with Crippen molar-refractivity contribution in [3.05, 3.63) is 85.7 Å². The van der Waals surface area contributed by atoms with Crippen molar-refractivity contribution in [1.29, 1.82) is 0 Å². The van der Waals surface area contributed by atoms with Crippen LogP contribution < -0.4 is 16.6 Å². The van der Waals surface area contributed by atoms with Crippen LogP contribution in [0.25, 0.3) is 17.0 Å². The van der Waals surface area contributed by atoms with Crippen molar-refractivity contribution in [2.45, 2.75) is 6.54 Å². The number of fused-ring (bicyclic) bond motifs is 1. The van der Waals surface area contributed by atoms with E-state index in [-0.39, 0.29) is 23.4 Å². The van der Waals surface area contributed by atoms with Crippen LogP contribution in [0.1, 0.15) is 5.56 Å². The van der Waals surface area contributed by atoms with Gasteiger partial charge in [0.05, 0.1) is 15.8 Å². The third kappa shape index (κ3) is 4.77. The predicted molar refractivity (Wildman–Crippen MR) is 121 cm³/mol. The summed E-state index contributed by atoms with van der Waals surface area (Å²) >= 11 is 0.748. The Kier molecular flexibility index (Phi) is 6.22. The molecule has 2 N–H and O–H groups in total. The predicted octanol–water partition coefficient (Wildman–Crippen LogP) is 1.68. The maximum absolute atomic E-state index is 13.0. The van der Waals surface area contributed by atoms with Crippen molar-refractivity contribution in [1.82, 2.24) is 19.8 Å². The normalized spacial score (nSPS) is 14.9. The Bertz CT molecular complexity index is 1410. The second-order valence-corrected chi connectivity index (χ2v) is 8.10. The number of H-pyrrole nitrogens is 1. The third-order valence-electron chi connectivity index (χ3n) is 4.89. The fourth-order valence-corrected chi connectivity index (χ4v) is 4.12. The van der Waals surface area contributed by atoms with Gasteiger partial charge in [-0.05, 0) is 47.7 Å². The van der Waals surface area contributed by atoms with Crippen molar-refractivity contribution in [3.63, 3.8) is 0 Å². The number of nitrogens with zero attached hydrogens (tertiary/aromatic N) is 2. The van der Waals surface area contributed by atoms with E-state index in [0.29, 0.717) is 11.1 Å².